The number of rotatable bonds is 6. The van der Waals surface area contributed by atoms with Gasteiger partial charge in [-0.05, 0) is 37.5 Å². The number of ketones is 3. The van der Waals surface area contributed by atoms with Gasteiger partial charge >= 0.3 is 0 Å². The molecular weight excluding hydrogens is 388 g/mol. The molecule has 2 fully saturated rings. The summed E-state index contributed by atoms with van der Waals surface area (Å²) in [5.41, 5.74) is 0.164. The molecule has 0 radical (unpaired) electrons. The SMILES string of the molecule is COc1ccc(-n2nc(C3CC3)cc(C(=O)C3C(=O)CCCC3=O)c2=O)cc1OC. The Kier molecular flexibility index (Phi) is 5.24. The van der Waals surface area contributed by atoms with Crippen LogP contribution in [0.5, 0.6) is 11.5 Å². The van der Waals surface area contributed by atoms with Crippen molar-refractivity contribution in [2.75, 3.05) is 14.2 Å². The quantitative estimate of drug-likeness (QED) is 0.531. The summed E-state index contributed by atoms with van der Waals surface area (Å²) in [5.74, 6) is -1.90. The summed E-state index contributed by atoms with van der Waals surface area (Å²) in [6.45, 7) is 0. The lowest BCUT2D eigenvalue weighted by Gasteiger charge is -2.19. The zero-order valence-corrected chi connectivity index (χ0v) is 16.8. The molecule has 0 aliphatic heterocycles. The van der Waals surface area contributed by atoms with Crippen LogP contribution >= 0.6 is 0 Å². The number of benzene rings is 1. The first-order chi connectivity index (χ1) is 14.4. The molecule has 8 heteroatoms. The fourth-order valence-corrected chi connectivity index (χ4v) is 3.75. The Morgan fingerprint density at radius 2 is 1.67 bits per heavy atom. The topological polar surface area (TPSA) is 105 Å². The molecule has 0 N–H and O–H groups in total. The molecule has 0 unspecified atom stereocenters. The van der Waals surface area contributed by atoms with E-state index in [2.05, 4.69) is 5.10 Å². The highest BCUT2D eigenvalue weighted by molar-refractivity contribution is 6.25. The first kappa shape index (κ1) is 20.0. The number of carbonyl (C=O) groups is 3. The smallest absolute Gasteiger partial charge is 0.282 e. The van der Waals surface area contributed by atoms with Crippen LogP contribution in [0.15, 0.2) is 29.1 Å². The van der Waals surface area contributed by atoms with Crippen LogP contribution in [0.4, 0.5) is 0 Å². The molecule has 156 valence electrons. The third kappa shape index (κ3) is 3.53. The number of Topliss-reactive ketones (excluding diaryl/α,β-unsaturated/α-hetero) is 3. The Morgan fingerprint density at radius 3 is 2.27 bits per heavy atom. The van der Waals surface area contributed by atoms with E-state index < -0.39 is 28.8 Å². The Labute approximate surface area is 172 Å². The molecule has 1 aromatic carbocycles. The lowest BCUT2D eigenvalue weighted by molar-refractivity contribution is -0.133. The Bertz CT molecular complexity index is 1080. The third-order valence-corrected chi connectivity index (χ3v) is 5.56. The van der Waals surface area contributed by atoms with Crippen LogP contribution in [-0.4, -0.2) is 41.3 Å². The van der Waals surface area contributed by atoms with E-state index >= 15 is 0 Å². The highest BCUT2D eigenvalue weighted by Crippen LogP contribution is 2.39. The number of hydrogen-bond acceptors (Lipinski definition) is 7. The minimum absolute atomic E-state index is 0.154. The molecule has 0 saturated heterocycles. The van der Waals surface area contributed by atoms with E-state index in [1.165, 1.54) is 20.3 Å². The van der Waals surface area contributed by atoms with E-state index in [-0.39, 0.29) is 24.3 Å². The van der Waals surface area contributed by atoms with Crippen molar-refractivity contribution in [3.8, 4) is 17.2 Å². The largest absolute Gasteiger partial charge is 0.493 e. The molecule has 0 bridgehead atoms. The van der Waals surface area contributed by atoms with Crippen molar-refractivity contribution < 1.29 is 23.9 Å². The molecule has 0 atom stereocenters. The fraction of sp³-hybridized carbons (Fsp3) is 0.409. The number of carbonyl (C=O) groups excluding carboxylic acids is 3. The minimum atomic E-state index is -1.39. The van der Waals surface area contributed by atoms with Gasteiger partial charge < -0.3 is 9.47 Å². The van der Waals surface area contributed by atoms with Gasteiger partial charge in [-0.2, -0.15) is 9.78 Å². The first-order valence-corrected chi connectivity index (χ1v) is 9.91. The van der Waals surface area contributed by atoms with Crippen LogP contribution < -0.4 is 15.0 Å². The van der Waals surface area contributed by atoms with Crippen LogP contribution in [0, 0.1) is 5.92 Å². The van der Waals surface area contributed by atoms with Crippen LogP contribution in [0.1, 0.15) is 54.1 Å². The Hall–Kier alpha value is -3.29. The molecule has 2 aromatic rings. The standard InChI is InChI=1S/C22H22N2O6/c1-29-18-9-8-13(10-19(18)30-2)24-22(28)14(11-15(23-24)12-6-7-12)21(27)20-16(25)4-3-5-17(20)26/h8-12,20H,3-7H2,1-2H3. The van der Waals surface area contributed by atoms with Crippen molar-refractivity contribution in [3.63, 3.8) is 0 Å². The van der Waals surface area contributed by atoms with Crippen LogP contribution in [0.3, 0.4) is 0 Å². The summed E-state index contributed by atoms with van der Waals surface area (Å²) < 4.78 is 11.7. The lowest BCUT2D eigenvalue weighted by Crippen LogP contribution is -2.39. The van der Waals surface area contributed by atoms with Crippen LogP contribution in [-0.2, 0) is 9.59 Å². The maximum absolute atomic E-state index is 13.2. The van der Waals surface area contributed by atoms with Gasteiger partial charge in [-0.1, -0.05) is 0 Å². The fourth-order valence-electron chi connectivity index (χ4n) is 3.75. The molecule has 1 aromatic heterocycles. The highest BCUT2D eigenvalue weighted by atomic mass is 16.5. The zero-order chi connectivity index (χ0) is 21.4. The Balaban J connectivity index is 1.84. The van der Waals surface area contributed by atoms with Gasteiger partial charge in [0.2, 0.25) is 0 Å². The van der Waals surface area contributed by atoms with Gasteiger partial charge in [-0.15, -0.1) is 0 Å². The molecule has 8 nitrogen and oxygen atoms in total. The average Bonchev–Trinajstić information content (AvgIpc) is 3.58. The summed E-state index contributed by atoms with van der Waals surface area (Å²) in [6.07, 6.45) is 2.61. The molecule has 30 heavy (non-hydrogen) atoms. The van der Waals surface area contributed by atoms with Gasteiger partial charge in [-0.3, -0.25) is 19.2 Å². The van der Waals surface area contributed by atoms with E-state index in [0.717, 1.165) is 17.5 Å². The van der Waals surface area contributed by atoms with Gasteiger partial charge in [0.05, 0.1) is 31.2 Å². The van der Waals surface area contributed by atoms with E-state index in [1.807, 2.05) is 0 Å². The minimum Gasteiger partial charge on any atom is -0.493 e. The van der Waals surface area contributed by atoms with Gasteiger partial charge in [0, 0.05) is 24.8 Å². The molecule has 1 heterocycles. The highest BCUT2D eigenvalue weighted by Gasteiger charge is 2.38. The number of ether oxygens (including phenoxy) is 2. The van der Waals surface area contributed by atoms with Crippen molar-refractivity contribution >= 4 is 17.3 Å². The van der Waals surface area contributed by atoms with E-state index in [9.17, 15) is 19.2 Å². The maximum atomic E-state index is 13.2. The van der Waals surface area contributed by atoms with Crippen molar-refractivity contribution in [3.05, 3.63) is 45.9 Å². The van der Waals surface area contributed by atoms with E-state index in [1.54, 1.807) is 18.2 Å². The number of aromatic nitrogens is 2. The second kappa shape index (κ2) is 7.85. The number of nitrogens with zero attached hydrogens (tertiary/aromatic N) is 2. The summed E-state index contributed by atoms with van der Waals surface area (Å²) in [7, 11) is 2.98. The lowest BCUT2D eigenvalue weighted by atomic mass is 9.82. The average molecular weight is 410 g/mol. The maximum Gasteiger partial charge on any atom is 0.282 e. The van der Waals surface area contributed by atoms with Gasteiger partial charge in [0.1, 0.15) is 5.92 Å². The summed E-state index contributed by atoms with van der Waals surface area (Å²) in [5, 5.41) is 4.45. The van der Waals surface area contributed by atoms with Crippen molar-refractivity contribution in [2.24, 2.45) is 5.92 Å². The summed E-state index contributed by atoms with van der Waals surface area (Å²) in [4.78, 5) is 50.9. The van der Waals surface area contributed by atoms with Crippen LogP contribution in [0.2, 0.25) is 0 Å². The molecule has 2 aliphatic rings. The predicted molar refractivity (Wildman–Crippen MR) is 107 cm³/mol. The predicted octanol–water partition coefficient (Wildman–Crippen LogP) is 2.25. The van der Waals surface area contributed by atoms with Crippen molar-refractivity contribution in [1.29, 1.82) is 0 Å². The van der Waals surface area contributed by atoms with Crippen molar-refractivity contribution in [1.82, 2.24) is 9.78 Å². The van der Waals surface area contributed by atoms with Gasteiger partial charge in [0.15, 0.2) is 28.8 Å². The van der Waals surface area contributed by atoms with Crippen molar-refractivity contribution in [2.45, 2.75) is 38.0 Å². The second-order valence-corrected chi connectivity index (χ2v) is 7.60. The Morgan fingerprint density at radius 1 is 1.00 bits per heavy atom. The zero-order valence-electron chi connectivity index (χ0n) is 16.8. The number of methoxy groups -OCH3 is 2. The monoisotopic (exact) mass is 410 g/mol. The van der Waals surface area contributed by atoms with Gasteiger partial charge in [-0.25, -0.2) is 0 Å². The van der Waals surface area contributed by atoms with Crippen LogP contribution in [0.25, 0.3) is 5.69 Å². The molecule has 2 saturated carbocycles. The second-order valence-electron chi connectivity index (χ2n) is 7.60. The molecular formula is C22H22N2O6. The number of hydrogen-bond donors (Lipinski definition) is 0. The van der Waals surface area contributed by atoms with E-state index in [0.29, 0.717) is 29.3 Å². The van der Waals surface area contributed by atoms with Gasteiger partial charge in [0.25, 0.3) is 5.56 Å². The normalized spacial score (nSPS) is 17.1. The molecule has 4 rings (SSSR count). The molecule has 0 spiro atoms. The molecule has 0 amide bonds. The summed E-state index contributed by atoms with van der Waals surface area (Å²) >= 11 is 0. The summed E-state index contributed by atoms with van der Waals surface area (Å²) in [6, 6.07) is 6.32. The molecule has 2 aliphatic carbocycles. The third-order valence-electron chi connectivity index (χ3n) is 5.56. The van der Waals surface area contributed by atoms with E-state index in [4.69, 9.17) is 9.47 Å². The first-order valence-electron chi connectivity index (χ1n) is 9.91.